The second-order valence-corrected chi connectivity index (χ2v) is 8.99. The number of aryl methyl sites for hydroxylation is 1. The van der Waals surface area contributed by atoms with Gasteiger partial charge >= 0.3 is 5.69 Å². The molecule has 1 atom stereocenters. The first-order chi connectivity index (χ1) is 15.7. The molecule has 0 aliphatic heterocycles. The molecule has 4 N–H and O–H groups in total. The van der Waals surface area contributed by atoms with Crippen LogP contribution in [0.5, 0.6) is 0 Å². The van der Waals surface area contributed by atoms with Crippen molar-refractivity contribution in [3.8, 4) is 0 Å². The monoisotopic (exact) mass is 457 g/mol. The molecule has 1 heterocycles. The van der Waals surface area contributed by atoms with Crippen LogP contribution in [0.4, 0.5) is 11.5 Å². The van der Waals surface area contributed by atoms with Crippen molar-refractivity contribution in [1.82, 2.24) is 14.9 Å². The molecular weight excluding hydrogens is 418 g/mol. The molecule has 0 saturated heterocycles. The largest absolute Gasteiger partial charge is 0.383 e. The van der Waals surface area contributed by atoms with Gasteiger partial charge in [-0.05, 0) is 43.2 Å². The highest BCUT2D eigenvalue weighted by atomic mass is 16.2. The summed E-state index contributed by atoms with van der Waals surface area (Å²) in [6.45, 7) is 11.1. The number of carbonyl (C=O) groups excluding carboxylic acids is 1. The van der Waals surface area contributed by atoms with Gasteiger partial charge in [-0.3, -0.25) is 19.1 Å². The molecule has 2 rings (SSSR count). The molecule has 0 spiro atoms. The van der Waals surface area contributed by atoms with Crippen molar-refractivity contribution in [2.24, 2.45) is 5.92 Å². The fourth-order valence-electron chi connectivity index (χ4n) is 3.69. The number of anilines is 2. The lowest BCUT2D eigenvalue weighted by Gasteiger charge is -2.27. The van der Waals surface area contributed by atoms with E-state index in [0.717, 1.165) is 31.2 Å². The van der Waals surface area contributed by atoms with Gasteiger partial charge in [0.2, 0.25) is 5.91 Å². The van der Waals surface area contributed by atoms with Gasteiger partial charge in [0, 0.05) is 13.1 Å². The molecule has 0 fully saturated rings. The minimum absolute atomic E-state index is 0.0244. The number of hydrogen-bond acceptors (Lipinski definition) is 5. The van der Waals surface area contributed by atoms with Crippen LogP contribution in [0.1, 0.15) is 71.0 Å². The van der Waals surface area contributed by atoms with E-state index in [-0.39, 0.29) is 30.0 Å². The fourth-order valence-corrected chi connectivity index (χ4v) is 3.69. The van der Waals surface area contributed by atoms with Gasteiger partial charge in [-0.1, -0.05) is 58.4 Å². The zero-order valence-electron chi connectivity index (χ0n) is 20.6. The van der Waals surface area contributed by atoms with Crippen LogP contribution in [-0.2, 0) is 17.8 Å². The number of hydrogen-bond donors (Lipinski definition) is 3. The van der Waals surface area contributed by atoms with E-state index in [1.807, 2.05) is 26.0 Å². The highest BCUT2D eigenvalue weighted by Gasteiger charge is 2.22. The van der Waals surface area contributed by atoms with Gasteiger partial charge in [0.15, 0.2) is 0 Å². The number of nitrogens with zero attached hydrogens (tertiary/aromatic N) is 2. The van der Waals surface area contributed by atoms with Crippen LogP contribution >= 0.6 is 0 Å². The summed E-state index contributed by atoms with van der Waals surface area (Å²) in [5, 5.41) is 3.02. The van der Waals surface area contributed by atoms with Gasteiger partial charge in [0.25, 0.3) is 5.56 Å². The molecule has 1 aromatic heterocycles. The topological polar surface area (TPSA) is 113 Å². The Balaban J connectivity index is 2.28. The number of rotatable bonds is 12. The van der Waals surface area contributed by atoms with Crippen LogP contribution in [0.15, 0.2) is 33.9 Å². The number of benzene rings is 1. The molecule has 1 amide bonds. The second kappa shape index (κ2) is 12.3. The first-order valence-electron chi connectivity index (χ1n) is 11.9. The lowest BCUT2D eigenvalue weighted by Crippen LogP contribution is -2.44. The maximum absolute atomic E-state index is 13.0. The number of aromatic amines is 1. The summed E-state index contributed by atoms with van der Waals surface area (Å²) in [6, 6.07) is 7.99. The summed E-state index contributed by atoms with van der Waals surface area (Å²) in [7, 11) is 0. The molecule has 2 aromatic rings. The minimum Gasteiger partial charge on any atom is -0.383 e. The second-order valence-electron chi connectivity index (χ2n) is 8.99. The Kier molecular flexibility index (Phi) is 9.75. The standard InChI is InChI=1S/C25H39N5O3/c1-6-8-14-30-23(26)22(24(32)28-25(30)33)29(15-13-17(3)4)16-21(31)27-18(5)20-11-9-19(7-2)10-12-20/h9-12,17-18H,6-8,13-16,26H2,1-5H3,(H,27,31)(H,28,32,33). The summed E-state index contributed by atoms with van der Waals surface area (Å²) >= 11 is 0. The Labute approximate surface area is 196 Å². The molecule has 0 aliphatic carbocycles. The molecule has 1 aromatic carbocycles. The van der Waals surface area contributed by atoms with Gasteiger partial charge < -0.3 is 16.0 Å². The van der Waals surface area contributed by atoms with Crippen molar-refractivity contribution in [1.29, 1.82) is 0 Å². The van der Waals surface area contributed by atoms with Gasteiger partial charge in [-0.2, -0.15) is 0 Å². The number of nitrogen functional groups attached to an aromatic ring is 1. The van der Waals surface area contributed by atoms with E-state index >= 15 is 0 Å². The van der Waals surface area contributed by atoms with Crippen molar-refractivity contribution >= 4 is 17.4 Å². The molecule has 1 unspecified atom stereocenters. The maximum Gasteiger partial charge on any atom is 0.330 e. The van der Waals surface area contributed by atoms with E-state index in [4.69, 9.17) is 5.73 Å². The number of unbranched alkanes of at least 4 members (excludes halogenated alkanes) is 1. The van der Waals surface area contributed by atoms with Crippen molar-refractivity contribution in [3.63, 3.8) is 0 Å². The average Bonchev–Trinajstić information content (AvgIpc) is 2.76. The third kappa shape index (κ3) is 7.23. The van der Waals surface area contributed by atoms with E-state index in [0.29, 0.717) is 19.0 Å². The molecular formula is C25H39N5O3. The third-order valence-corrected chi connectivity index (χ3v) is 5.84. The highest BCUT2D eigenvalue weighted by molar-refractivity contribution is 5.82. The van der Waals surface area contributed by atoms with Crippen molar-refractivity contribution in [2.45, 2.75) is 72.9 Å². The molecule has 8 nitrogen and oxygen atoms in total. The van der Waals surface area contributed by atoms with Crippen molar-refractivity contribution < 1.29 is 4.79 Å². The normalized spacial score (nSPS) is 12.1. The first kappa shape index (κ1) is 26.2. The quantitative estimate of drug-likeness (QED) is 0.453. The van der Waals surface area contributed by atoms with E-state index in [9.17, 15) is 14.4 Å². The molecule has 0 bridgehead atoms. The van der Waals surface area contributed by atoms with E-state index in [2.05, 4.69) is 43.2 Å². The SMILES string of the molecule is CCCCn1c(N)c(N(CCC(C)C)CC(=O)NC(C)c2ccc(CC)cc2)c(=O)[nH]c1=O. The van der Waals surface area contributed by atoms with Crippen LogP contribution in [0.3, 0.4) is 0 Å². The van der Waals surface area contributed by atoms with Gasteiger partial charge in [0.05, 0.1) is 12.6 Å². The molecule has 8 heteroatoms. The summed E-state index contributed by atoms with van der Waals surface area (Å²) in [4.78, 5) is 42.1. The Morgan fingerprint density at radius 2 is 1.82 bits per heavy atom. The number of amides is 1. The van der Waals surface area contributed by atoms with Gasteiger partial charge in [-0.25, -0.2) is 4.79 Å². The van der Waals surface area contributed by atoms with Crippen LogP contribution in [0.25, 0.3) is 0 Å². The number of H-pyrrole nitrogens is 1. The van der Waals surface area contributed by atoms with Crippen LogP contribution in [-0.4, -0.2) is 28.5 Å². The summed E-state index contributed by atoms with van der Waals surface area (Å²) in [5.74, 6) is 0.269. The van der Waals surface area contributed by atoms with Crippen LogP contribution in [0.2, 0.25) is 0 Å². The lowest BCUT2D eigenvalue weighted by molar-refractivity contribution is -0.120. The van der Waals surface area contributed by atoms with Gasteiger partial charge in [-0.15, -0.1) is 0 Å². The fraction of sp³-hybridized carbons (Fsp3) is 0.560. The zero-order valence-corrected chi connectivity index (χ0v) is 20.6. The summed E-state index contributed by atoms with van der Waals surface area (Å²) in [6.07, 6.45) is 3.38. The molecule has 0 radical (unpaired) electrons. The van der Waals surface area contributed by atoms with Crippen LogP contribution in [0, 0.1) is 5.92 Å². The Hall–Kier alpha value is -3.03. The highest BCUT2D eigenvalue weighted by Crippen LogP contribution is 2.19. The summed E-state index contributed by atoms with van der Waals surface area (Å²) < 4.78 is 1.39. The van der Waals surface area contributed by atoms with Crippen LogP contribution < -0.4 is 27.2 Å². The van der Waals surface area contributed by atoms with Gasteiger partial charge in [0.1, 0.15) is 11.5 Å². The van der Waals surface area contributed by atoms with Crippen molar-refractivity contribution in [3.05, 3.63) is 56.2 Å². The molecule has 0 saturated carbocycles. The third-order valence-electron chi connectivity index (χ3n) is 5.84. The van der Waals surface area contributed by atoms with Crippen molar-refractivity contribution in [2.75, 3.05) is 23.7 Å². The van der Waals surface area contributed by atoms with E-state index in [1.54, 1.807) is 4.90 Å². The van der Waals surface area contributed by atoms with E-state index in [1.165, 1.54) is 10.1 Å². The number of aromatic nitrogens is 2. The first-order valence-corrected chi connectivity index (χ1v) is 11.9. The predicted molar refractivity (Wildman–Crippen MR) is 135 cm³/mol. The molecule has 33 heavy (non-hydrogen) atoms. The number of carbonyl (C=O) groups is 1. The molecule has 182 valence electrons. The maximum atomic E-state index is 13.0. The average molecular weight is 458 g/mol. The zero-order chi connectivity index (χ0) is 24.5. The Morgan fingerprint density at radius 3 is 2.39 bits per heavy atom. The smallest absolute Gasteiger partial charge is 0.330 e. The molecule has 0 aliphatic rings. The lowest BCUT2D eigenvalue weighted by atomic mass is 10.0. The number of nitrogens with one attached hydrogen (secondary N) is 2. The Bertz CT molecular complexity index is 1020. The predicted octanol–water partition coefficient (Wildman–Crippen LogP) is 3.21. The summed E-state index contributed by atoms with van der Waals surface area (Å²) in [5.41, 5.74) is 7.65. The Morgan fingerprint density at radius 1 is 1.15 bits per heavy atom. The minimum atomic E-state index is -0.565. The van der Waals surface area contributed by atoms with E-state index < -0.39 is 11.2 Å². The number of nitrogens with two attached hydrogens (primary N) is 1.